The molecule has 0 aromatic rings. The van der Waals surface area contributed by atoms with Crippen LogP contribution < -0.4 is 0 Å². The first-order valence-electron chi connectivity index (χ1n) is 4.07. The number of aliphatic hydroxyl groups is 1. The van der Waals surface area contributed by atoms with E-state index in [0.29, 0.717) is 0 Å². The first-order valence-corrected chi connectivity index (χ1v) is 4.07. The van der Waals surface area contributed by atoms with Crippen LogP contribution in [0.25, 0.3) is 0 Å². The van der Waals surface area contributed by atoms with Crippen LogP contribution in [0.3, 0.4) is 0 Å². The van der Waals surface area contributed by atoms with Crippen LogP contribution in [0.1, 0.15) is 33.1 Å². The molecule has 0 spiro atoms. The van der Waals surface area contributed by atoms with Crippen molar-refractivity contribution in [3.63, 3.8) is 0 Å². The van der Waals surface area contributed by atoms with Crippen molar-refractivity contribution in [2.75, 3.05) is 6.61 Å². The average Bonchev–Trinajstić information content (AvgIpc) is 1.97. The second-order valence-electron chi connectivity index (χ2n) is 3.06. The molecule has 0 rings (SSSR count). The fourth-order valence-corrected chi connectivity index (χ4v) is 0.817. The molecular weight excluding hydrogens is 136 g/mol. The second-order valence-corrected chi connectivity index (χ2v) is 3.06. The van der Waals surface area contributed by atoms with Gasteiger partial charge in [-0.2, -0.15) is 0 Å². The summed E-state index contributed by atoms with van der Waals surface area (Å²) in [6.07, 6.45) is 5.38. The predicted molar refractivity (Wildman–Crippen MR) is 49.5 cm³/mol. The molecule has 0 amide bonds. The highest BCUT2D eigenvalue weighted by atomic mass is 16.3. The molecular formula is C10H18O. The van der Waals surface area contributed by atoms with E-state index in [1.807, 2.05) is 13.8 Å². The number of rotatable bonds is 5. The van der Waals surface area contributed by atoms with Crippen molar-refractivity contribution >= 4 is 0 Å². The highest BCUT2D eigenvalue weighted by Crippen LogP contribution is 2.05. The topological polar surface area (TPSA) is 20.2 Å². The van der Waals surface area contributed by atoms with E-state index in [0.717, 1.165) is 24.8 Å². The molecule has 1 N–H and O–H groups in total. The lowest BCUT2D eigenvalue weighted by Gasteiger charge is -1.97. The summed E-state index contributed by atoms with van der Waals surface area (Å²) in [6, 6.07) is 0. The largest absolute Gasteiger partial charge is 0.392 e. The average molecular weight is 154 g/mol. The van der Waals surface area contributed by atoms with Crippen LogP contribution in [-0.4, -0.2) is 11.7 Å². The Morgan fingerprint density at radius 3 is 2.55 bits per heavy atom. The van der Waals surface area contributed by atoms with Gasteiger partial charge in [0.15, 0.2) is 0 Å². The SMILES string of the molecule is C=C(C)CCC/C=C(/C)CO. The minimum atomic E-state index is 0.188. The van der Waals surface area contributed by atoms with Crippen LogP contribution in [0, 0.1) is 0 Å². The van der Waals surface area contributed by atoms with E-state index < -0.39 is 0 Å². The molecule has 0 unspecified atom stereocenters. The smallest absolute Gasteiger partial charge is 0.0639 e. The van der Waals surface area contributed by atoms with Gasteiger partial charge in [-0.25, -0.2) is 0 Å². The highest BCUT2D eigenvalue weighted by Gasteiger charge is 1.87. The monoisotopic (exact) mass is 154 g/mol. The summed E-state index contributed by atoms with van der Waals surface area (Å²) in [5, 5.41) is 8.66. The van der Waals surface area contributed by atoms with E-state index in [1.165, 1.54) is 5.57 Å². The van der Waals surface area contributed by atoms with Gasteiger partial charge in [0.25, 0.3) is 0 Å². The van der Waals surface area contributed by atoms with Crippen molar-refractivity contribution < 1.29 is 5.11 Å². The van der Waals surface area contributed by atoms with Gasteiger partial charge >= 0.3 is 0 Å². The lowest BCUT2D eigenvalue weighted by Crippen LogP contribution is -1.83. The normalized spacial score (nSPS) is 11.7. The summed E-state index contributed by atoms with van der Waals surface area (Å²) >= 11 is 0. The Morgan fingerprint density at radius 2 is 2.09 bits per heavy atom. The fourth-order valence-electron chi connectivity index (χ4n) is 0.817. The van der Waals surface area contributed by atoms with Gasteiger partial charge in [-0.3, -0.25) is 0 Å². The van der Waals surface area contributed by atoms with Crippen molar-refractivity contribution in [3.05, 3.63) is 23.8 Å². The maximum Gasteiger partial charge on any atom is 0.0639 e. The number of hydrogen-bond acceptors (Lipinski definition) is 1. The van der Waals surface area contributed by atoms with Gasteiger partial charge in [0.1, 0.15) is 0 Å². The summed E-state index contributed by atoms with van der Waals surface area (Å²) in [4.78, 5) is 0. The van der Waals surface area contributed by atoms with Crippen LogP contribution in [-0.2, 0) is 0 Å². The van der Waals surface area contributed by atoms with Gasteiger partial charge in [0.05, 0.1) is 6.61 Å². The first-order chi connectivity index (χ1) is 5.16. The zero-order valence-electron chi connectivity index (χ0n) is 7.56. The third-order valence-electron chi connectivity index (χ3n) is 1.55. The molecule has 0 aromatic carbocycles. The molecule has 11 heavy (non-hydrogen) atoms. The van der Waals surface area contributed by atoms with Crippen molar-refractivity contribution in [2.24, 2.45) is 0 Å². The summed E-state index contributed by atoms with van der Waals surface area (Å²) < 4.78 is 0. The Labute approximate surface area is 69.4 Å². The lowest BCUT2D eigenvalue weighted by molar-refractivity contribution is 0.331. The van der Waals surface area contributed by atoms with Gasteiger partial charge in [-0.15, -0.1) is 6.58 Å². The predicted octanol–water partition coefficient (Wildman–Crippen LogP) is 2.67. The quantitative estimate of drug-likeness (QED) is 0.477. The number of aliphatic hydroxyl groups excluding tert-OH is 1. The van der Waals surface area contributed by atoms with Gasteiger partial charge in [-0.05, 0) is 33.1 Å². The Morgan fingerprint density at radius 1 is 1.45 bits per heavy atom. The fraction of sp³-hybridized carbons (Fsp3) is 0.600. The first kappa shape index (κ1) is 10.4. The summed E-state index contributed by atoms with van der Waals surface area (Å²) in [5.74, 6) is 0. The van der Waals surface area contributed by atoms with Crippen LogP contribution in [0.2, 0.25) is 0 Å². The molecule has 0 aromatic heterocycles. The Balaban J connectivity index is 3.33. The summed E-state index contributed by atoms with van der Waals surface area (Å²) in [6.45, 7) is 8.00. The second kappa shape index (κ2) is 6.17. The Bertz CT molecular complexity index is 145. The molecule has 0 heterocycles. The highest BCUT2D eigenvalue weighted by molar-refractivity contribution is 4.98. The summed E-state index contributed by atoms with van der Waals surface area (Å²) in [7, 11) is 0. The molecule has 64 valence electrons. The molecule has 0 aliphatic heterocycles. The molecule has 0 fully saturated rings. The number of unbranched alkanes of at least 4 members (excludes halogenated alkanes) is 1. The van der Waals surface area contributed by atoms with E-state index in [4.69, 9.17) is 5.11 Å². The van der Waals surface area contributed by atoms with E-state index in [-0.39, 0.29) is 6.61 Å². The van der Waals surface area contributed by atoms with Crippen molar-refractivity contribution in [1.82, 2.24) is 0 Å². The maximum absolute atomic E-state index is 8.66. The molecule has 1 nitrogen and oxygen atoms in total. The minimum absolute atomic E-state index is 0.188. The molecule has 0 aliphatic carbocycles. The van der Waals surface area contributed by atoms with Crippen LogP contribution in [0.5, 0.6) is 0 Å². The van der Waals surface area contributed by atoms with E-state index in [1.54, 1.807) is 0 Å². The van der Waals surface area contributed by atoms with E-state index in [2.05, 4.69) is 12.7 Å². The van der Waals surface area contributed by atoms with Crippen LogP contribution in [0.4, 0.5) is 0 Å². The molecule has 0 atom stereocenters. The molecule has 0 aliphatic rings. The Kier molecular flexibility index (Phi) is 5.86. The maximum atomic E-state index is 8.66. The zero-order valence-corrected chi connectivity index (χ0v) is 7.56. The van der Waals surface area contributed by atoms with Gasteiger partial charge in [0, 0.05) is 0 Å². The van der Waals surface area contributed by atoms with Crippen LogP contribution in [0.15, 0.2) is 23.8 Å². The molecule has 1 heteroatoms. The third-order valence-corrected chi connectivity index (χ3v) is 1.55. The van der Waals surface area contributed by atoms with Crippen molar-refractivity contribution in [1.29, 1.82) is 0 Å². The van der Waals surface area contributed by atoms with E-state index >= 15 is 0 Å². The van der Waals surface area contributed by atoms with Gasteiger partial charge < -0.3 is 5.11 Å². The zero-order chi connectivity index (χ0) is 8.69. The van der Waals surface area contributed by atoms with Gasteiger partial charge in [-0.1, -0.05) is 17.2 Å². The lowest BCUT2D eigenvalue weighted by atomic mass is 10.1. The van der Waals surface area contributed by atoms with Crippen molar-refractivity contribution in [3.8, 4) is 0 Å². The molecule has 0 radical (unpaired) electrons. The standard InChI is InChI=1S/C10H18O/c1-9(2)6-4-5-7-10(3)8-11/h7,11H,1,4-6,8H2,2-3H3/b10-7-. The number of hydrogen-bond donors (Lipinski definition) is 1. The number of allylic oxidation sites excluding steroid dienone is 2. The van der Waals surface area contributed by atoms with Crippen molar-refractivity contribution in [2.45, 2.75) is 33.1 Å². The molecule has 0 saturated heterocycles. The minimum Gasteiger partial charge on any atom is -0.392 e. The third kappa shape index (κ3) is 7.34. The van der Waals surface area contributed by atoms with Crippen LogP contribution >= 0.6 is 0 Å². The molecule has 0 saturated carbocycles. The summed E-state index contributed by atoms with van der Waals surface area (Å²) in [5.41, 5.74) is 2.30. The Hall–Kier alpha value is -0.560. The van der Waals surface area contributed by atoms with Gasteiger partial charge in [0.2, 0.25) is 0 Å². The van der Waals surface area contributed by atoms with E-state index in [9.17, 15) is 0 Å². The molecule has 0 bridgehead atoms.